The lowest BCUT2D eigenvalue weighted by atomic mass is 9.98. The molecule has 3 aromatic heterocycles. The van der Waals surface area contributed by atoms with Crippen LogP contribution in [0.5, 0.6) is 0 Å². The first-order valence-corrected chi connectivity index (χ1v) is 26.0. The molecule has 5 aromatic rings. The fraction of sp³-hybridized carbons (Fsp3) is 0.472. The van der Waals surface area contributed by atoms with E-state index in [0.717, 1.165) is 21.9 Å². The summed E-state index contributed by atoms with van der Waals surface area (Å²) in [6.45, 7) is 7.38. The molecule has 62 heavy (non-hydrogen) atoms. The minimum absolute atomic E-state index is 0.163. The van der Waals surface area contributed by atoms with Crippen LogP contribution in [0.25, 0.3) is 44.1 Å². The number of benzene rings is 2. The van der Waals surface area contributed by atoms with E-state index < -0.39 is 11.6 Å². The first kappa shape index (κ1) is 46.2. The zero-order chi connectivity index (χ0) is 43.3. The number of nitrogens with zero attached hydrogens (tertiary/aromatic N) is 4. The predicted octanol–water partition coefficient (Wildman–Crippen LogP) is 16.9. The summed E-state index contributed by atoms with van der Waals surface area (Å²) < 4.78 is 31.8. The van der Waals surface area contributed by atoms with E-state index >= 15 is 8.78 Å². The van der Waals surface area contributed by atoms with Gasteiger partial charge in [-0.3, -0.25) is 0 Å². The molecule has 0 radical (unpaired) electrons. The molecular weight excluding hydrogens is 827 g/mol. The molecule has 1 aliphatic heterocycles. The highest BCUT2D eigenvalue weighted by Crippen LogP contribution is 2.46. The lowest BCUT2D eigenvalue weighted by molar-refractivity contribution is 0.516. The van der Waals surface area contributed by atoms with Crippen molar-refractivity contribution in [3.05, 3.63) is 105 Å². The Morgan fingerprint density at radius 2 is 1.26 bits per heavy atom. The van der Waals surface area contributed by atoms with Crippen molar-refractivity contribution in [1.29, 1.82) is 0 Å². The second-order valence-corrected chi connectivity index (χ2v) is 20.9. The van der Waals surface area contributed by atoms with Gasteiger partial charge in [0.2, 0.25) is 0 Å². The van der Waals surface area contributed by atoms with Crippen molar-refractivity contribution in [1.82, 2.24) is 15.0 Å². The molecule has 7 rings (SSSR count). The maximum Gasteiger partial charge on any atom is 0.170 e. The second kappa shape index (κ2) is 23.2. The molecule has 330 valence electrons. The summed E-state index contributed by atoms with van der Waals surface area (Å²) in [7, 11) is 1.69. The maximum absolute atomic E-state index is 16.0. The molecule has 0 saturated carbocycles. The van der Waals surface area contributed by atoms with E-state index in [9.17, 15) is 0 Å². The number of fused-ring (bicyclic) bond motifs is 3. The van der Waals surface area contributed by atoms with Gasteiger partial charge in [0.1, 0.15) is 11.0 Å². The monoisotopic (exact) mass is 892 g/mol. The molecule has 4 heterocycles. The van der Waals surface area contributed by atoms with Gasteiger partial charge in [-0.15, -0.1) is 34.4 Å². The first-order valence-electron chi connectivity index (χ1n) is 23.5. The van der Waals surface area contributed by atoms with Gasteiger partial charge in [0.25, 0.3) is 0 Å². The Bertz CT molecular complexity index is 2340. The molecule has 0 saturated heterocycles. The fourth-order valence-electron chi connectivity index (χ4n) is 9.02. The number of aryl methyl sites for hydroxylation is 2. The van der Waals surface area contributed by atoms with Crippen LogP contribution in [0.3, 0.4) is 0 Å². The van der Waals surface area contributed by atoms with Crippen molar-refractivity contribution < 1.29 is 8.78 Å². The highest BCUT2D eigenvalue weighted by Gasteiger charge is 2.34. The van der Waals surface area contributed by atoms with Crippen molar-refractivity contribution in [2.45, 2.75) is 153 Å². The molecule has 2 unspecified atom stereocenters. The fourth-order valence-corrected chi connectivity index (χ4v) is 12.3. The molecule has 2 atom stereocenters. The number of rotatable bonds is 24. The van der Waals surface area contributed by atoms with Gasteiger partial charge in [-0.1, -0.05) is 159 Å². The third kappa shape index (κ3) is 11.9. The van der Waals surface area contributed by atoms with Crippen molar-refractivity contribution in [2.75, 3.05) is 11.4 Å². The Kier molecular flexibility index (Phi) is 17.3. The molecular formula is C53H66F2N4S3. The number of halogens is 2. The summed E-state index contributed by atoms with van der Waals surface area (Å²) in [4.78, 5) is 8.63. The number of aromatic nitrogens is 3. The zero-order valence-corrected chi connectivity index (χ0v) is 39.9. The number of unbranched alkanes of at least 4 members (excludes halogenated alkanes) is 17. The lowest BCUT2D eigenvalue weighted by Gasteiger charge is -2.42. The van der Waals surface area contributed by atoms with Gasteiger partial charge >= 0.3 is 0 Å². The number of hydrogen-bond acceptors (Lipinski definition) is 6. The van der Waals surface area contributed by atoms with Crippen LogP contribution in [-0.4, -0.2) is 32.8 Å². The average molecular weight is 893 g/mol. The van der Waals surface area contributed by atoms with E-state index in [1.54, 1.807) is 7.05 Å². The Labute approximate surface area is 382 Å². The summed E-state index contributed by atoms with van der Waals surface area (Å²) in [5, 5.41) is 9.29. The van der Waals surface area contributed by atoms with Crippen LogP contribution in [-0.2, 0) is 7.05 Å². The third-order valence-corrected chi connectivity index (χ3v) is 15.7. The number of hydrogen-bond donors (Lipinski definition) is 0. The van der Waals surface area contributed by atoms with Crippen molar-refractivity contribution in [3.8, 4) is 20.9 Å². The van der Waals surface area contributed by atoms with Gasteiger partial charge in [0, 0.05) is 38.0 Å². The van der Waals surface area contributed by atoms with Crippen LogP contribution >= 0.6 is 34.4 Å². The molecule has 2 aliphatic rings. The van der Waals surface area contributed by atoms with Crippen LogP contribution in [0, 0.1) is 18.6 Å². The van der Waals surface area contributed by atoms with Gasteiger partial charge in [-0.2, -0.15) is 15.0 Å². The van der Waals surface area contributed by atoms with Gasteiger partial charge in [-0.25, -0.2) is 8.78 Å². The van der Waals surface area contributed by atoms with Gasteiger partial charge in [0.05, 0.1) is 28.1 Å². The quantitative estimate of drug-likeness (QED) is 0.0578. The van der Waals surface area contributed by atoms with E-state index in [1.165, 1.54) is 159 Å². The lowest BCUT2D eigenvalue weighted by Crippen LogP contribution is -2.45. The molecule has 9 heteroatoms. The van der Waals surface area contributed by atoms with Crippen molar-refractivity contribution in [3.63, 3.8) is 0 Å². The second-order valence-electron chi connectivity index (χ2n) is 17.2. The predicted molar refractivity (Wildman–Crippen MR) is 267 cm³/mol. The number of thioether (sulfide) groups is 1. The Morgan fingerprint density at radius 1 is 0.677 bits per heavy atom. The Hall–Kier alpha value is -3.79. The number of anilines is 1. The largest absolute Gasteiger partial charge is 0.363 e. The SMILES string of the molecule is C/C=C/c1ccc2c(c1)SC1C=C(/C=C/c3ccc(-c4c(F)c(F)c(-c5ccc(C)s5)c5nn(C)nc45)s3)C=CC1N2CCCCCCCCCCCCCCCCCCCC. The minimum Gasteiger partial charge on any atom is -0.363 e. The van der Waals surface area contributed by atoms with Crippen LogP contribution in [0.2, 0.25) is 0 Å². The molecule has 0 spiro atoms. The van der Waals surface area contributed by atoms with Crippen LogP contribution in [0.4, 0.5) is 14.5 Å². The highest BCUT2D eigenvalue weighted by atomic mass is 32.2. The standard InChI is InChI=1S/C53H66F2N4S3/c1-5-7-8-9-10-11-12-13-14-15-16-17-18-19-20-21-22-23-35-59-42-31-27-39(24-6-2)36-46(42)62-47-37-40(28-32-43(47)59)26-29-41-30-34-45(61-41)49-51(55)50(54)48(44-33-25-38(3)60-44)52-53(49)57-58(4)56-52/h6,24-34,36-37,43,47H,5,7-23,35H2,1-4H3/b24-6+,29-26+. The van der Waals surface area contributed by atoms with Gasteiger partial charge < -0.3 is 4.90 Å². The maximum atomic E-state index is 16.0. The van der Waals surface area contributed by atoms with Crippen LogP contribution in [0.1, 0.15) is 145 Å². The Morgan fingerprint density at radius 3 is 1.84 bits per heavy atom. The normalized spacial score (nSPS) is 16.3. The molecule has 4 nitrogen and oxygen atoms in total. The van der Waals surface area contributed by atoms with Crippen LogP contribution < -0.4 is 4.90 Å². The number of thiophene rings is 2. The van der Waals surface area contributed by atoms with Crippen molar-refractivity contribution in [2.24, 2.45) is 7.05 Å². The summed E-state index contributed by atoms with van der Waals surface area (Å²) in [6.07, 6.45) is 40.5. The van der Waals surface area contributed by atoms with E-state index in [0.29, 0.717) is 26.8 Å². The van der Waals surface area contributed by atoms with Crippen molar-refractivity contribution >= 4 is 63.3 Å². The Balaban J connectivity index is 0.924. The van der Waals surface area contributed by atoms with E-state index in [4.69, 9.17) is 0 Å². The molecule has 1 aliphatic carbocycles. The third-order valence-electron chi connectivity index (χ3n) is 12.3. The summed E-state index contributed by atoms with van der Waals surface area (Å²) in [5.74, 6) is -1.77. The highest BCUT2D eigenvalue weighted by molar-refractivity contribution is 8.00. The molecule has 0 N–H and O–H groups in total. The average Bonchev–Trinajstić information content (AvgIpc) is 4.02. The summed E-state index contributed by atoms with van der Waals surface area (Å²) >= 11 is 4.81. The topological polar surface area (TPSA) is 34.0 Å². The molecule has 2 aromatic carbocycles. The van der Waals surface area contributed by atoms with Gasteiger partial charge in [-0.05, 0) is 73.9 Å². The first-order chi connectivity index (χ1) is 30.3. The summed E-state index contributed by atoms with van der Waals surface area (Å²) in [6, 6.07) is 14.8. The van der Waals surface area contributed by atoms with E-state index in [-0.39, 0.29) is 16.4 Å². The molecule has 0 fully saturated rings. The molecule has 0 bridgehead atoms. The summed E-state index contributed by atoms with van der Waals surface area (Å²) in [5.41, 5.74) is 4.82. The van der Waals surface area contributed by atoms with E-state index in [2.05, 4.69) is 89.7 Å². The smallest absolute Gasteiger partial charge is 0.170 e. The zero-order valence-electron chi connectivity index (χ0n) is 37.4. The van der Waals surface area contributed by atoms with Crippen LogP contribution in [0.15, 0.2) is 83.3 Å². The van der Waals surface area contributed by atoms with E-state index in [1.807, 2.05) is 43.0 Å². The van der Waals surface area contributed by atoms with Gasteiger partial charge in [0.15, 0.2) is 11.6 Å². The minimum atomic E-state index is -0.887. The number of allylic oxidation sites excluding steroid dienone is 4. The molecule has 0 amide bonds.